The number of hydrogen-bond acceptors (Lipinski definition) is 4. The lowest BCUT2D eigenvalue weighted by molar-refractivity contribution is 0.627. The normalized spacial score (nSPS) is 10.9. The summed E-state index contributed by atoms with van der Waals surface area (Å²) in [7, 11) is 0. The van der Waals surface area contributed by atoms with E-state index in [1.165, 1.54) is 23.9 Å². The Morgan fingerprint density at radius 1 is 1.22 bits per heavy atom. The second-order valence-corrected chi connectivity index (χ2v) is 6.09. The molecule has 1 aromatic carbocycles. The Morgan fingerprint density at radius 3 is 2.65 bits per heavy atom. The van der Waals surface area contributed by atoms with Crippen molar-refractivity contribution in [1.82, 2.24) is 20.2 Å². The van der Waals surface area contributed by atoms with Crippen molar-refractivity contribution in [3.8, 4) is 0 Å². The summed E-state index contributed by atoms with van der Waals surface area (Å²) in [5.41, 5.74) is 3.27. The molecule has 5 nitrogen and oxygen atoms in total. The van der Waals surface area contributed by atoms with E-state index in [1.54, 1.807) is 24.5 Å². The topological polar surface area (TPSA) is 74.4 Å². The maximum Gasteiger partial charge on any atom is 0.255 e. The van der Waals surface area contributed by atoms with Crippen LogP contribution in [-0.4, -0.2) is 20.2 Å². The molecule has 0 atom stereocenters. The molecule has 0 spiro atoms. The molecular weight excluding hydrogens is 315 g/mol. The Labute approximate surface area is 136 Å². The van der Waals surface area contributed by atoms with E-state index in [2.05, 4.69) is 20.2 Å². The summed E-state index contributed by atoms with van der Waals surface area (Å²) in [4.78, 5) is 19.2. The summed E-state index contributed by atoms with van der Waals surface area (Å²) >= 11 is 1.41. The van der Waals surface area contributed by atoms with Gasteiger partial charge in [-0.1, -0.05) is 23.9 Å². The van der Waals surface area contributed by atoms with Gasteiger partial charge in [0.15, 0.2) is 5.16 Å². The minimum absolute atomic E-state index is 0.151. The van der Waals surface area contributed by atoms with Gasteiger partial charge < -0.3 is 4.98 Å². The zero-order valence-electron chi connectivity index (χ0n) is 12.5. The van der Waals surface area contributed by atoms with Crippen molar-refractivity contribution in [3.05, 3.63) is 75.2 Å². The van der Waals surface area contributed by atoms with Gasteiger partial charge in [-0.3, -0.25) is 9.89 Å². The third kappa shape index (κ3) is 3.87. The fourth-order valence-corrected chi connectivity index (χ4v) is 2.89. The maximum absolute atomic E-state index is 12.9. The Balaban J connectivity index is 1.68. The Morgan fingerprint density at radius 2 is 2.00 bits per heavy atom. The molecule has 0 aliphatic rings. The lowest BCUT2D eigenvalue weighted by Crippen LogP contribution is -2.14. The highest BCUT2D eigenvalue weighted by atomic mass is 32.2. The summed E-state index contributed by atoms with van der Waals surface area (Å²) in [5, 5.41) is 7.37. The summed E-state index contributed by atoms with van der Waals surface area (Å²) in [6, 6.07) is 6.28. The van der Waals surface area contributed by atoms with Crippen LogP contribution < -0.4 is 5.56 Å². The van der Waals surface area contributed by atoms with E-state index in [-0.39, 0.29) is 11.4 Å². The van der Waals surface area contributed by atoms with Crippen LogP contribution in [0.3, 0.4) is 0 Å². The third-order valence-electron chi connectivity index (χ3n) is 3.46. The number of aromatic amines is 2. The van der Waals surface area contributed by atoms with Crippen LogP contribution in [0.1, 0.15) is 22.4 Å². The molecule has 0 radical (unpaired) electrons. The number of aryl methyl sites for hydroxylation is 1. The van der Waals surface area contributed by atoms with Gasteiger partial charge in [0.25, 0.3) is 5.56 Å². The van der Waals surface area contributed by atoms with Crippen LogP contribution in [0, 0.1) is 12.7 Å². The number of nitrogens with zero attached hydrogens (tertiary/aromatic N) is 2. The van der Waals surface area contributed by atoms with Gasteiger partial charge in [0.2, 0.25) is 0 Å². The fourth-order valence-electron chi connectivity index (χ4n) is 2.10. The van der Waals surface area contributed by atoms with Crippen LogP contribution in [0.4, 0.5) is 4.39 Å². The quantitative estimate of drug-likeness (QED) is 0.557. The first-order chi connectivity index (χ1) is 11.1. The summed E-state index contributed by atoms with van der Waals surface area (Å²) < 4.78 is 12.9. The van der Waals surface area contributed by atoms with Gasteiger partial charge in [0.1, 0.15) is 5.82 Å². The molecule has 3 aromatic rings. The van der Waals surface area contributed by atoms with Crippen LogP contribution in [0.5, 0.6) is 0 Å². The van der Waals surface area contributed by atoms with Gasteiger partial charge in [-0.2, -0.15) is 5.10 Å². The number of nitrogens with one attached hydrogen (secondary N) is 2. The largest absolute Gasteiger partial charge is 0.301 e. The number of benzene rings is 1. The van der Waals surface area contributed by atoms with Gasteiger partial charge in [-0.05, 0) is 30.2 Å². The molecule has 2 aromatic heterocycles. The number of aromatic nitrogens is 4. The molecule has 0 aliphatic carbocycles. The van der Waals surface area contributed by atoms with Gasteiger partial charge in [-0.25, -0.2) is 9.37 Å². The SMILES string of the molecule is Cc1n[nH]cc1Cc1cnc(SCc2ccc(F)cc2)[nH]c1=O. The number of H-pyrrole nitrogens is 2. The van der Waals surface area contributed by atoms with Crippen molar-refractivity contribution >= 4 is 11.8 Å². The molecule has 0 aliphatic heterocycles. The molecular formula is C16H15FN4OS. The Kier molecular flexibility index (Phi) is 4.57. The van der Waals surface area contributed by atoms with E-state index in [1.807, 2.05) is 6.92 Å². The minimum Gasteiger partial charge on any atom is -0.301 e. The van der Waals surface area contributed by atoms with Crippen LogP contribution in [0.25, 0.3) is 0 Å². The third-order valence-corrected chi connectivity index (χ3v) is 4.41. The Hall–Kier alpha value is -2.41. The van der Waals surface area contributed by atoms with Crippen molar-refractivity contribution in [1.29, 1.82) is 0 Å². The molecule has 23 heavy (non-hydrogen) atoms. The molecule has 7 heteroatoms. The fraction of sp³-hybridized carbons (Fsp3) is 0.188. The predicted molar refractivity (Wildman–Crippen MR) is 86.9 cm³/mol. The van der Waals surface area contributed by atoms with Crippen molar-refractivity contribution in [3.63, 3.8) is 0 Å². The Bertz CT molecular complexity index is 857. The first kappa shape index (κ1) is 15.5. The van der Waals surface area contributed by atoms with Crippen molar-refractivity contribution in [2.45, 2.75) is 24.3 Å². The monoisotopic (exact) mass is 330 g/mol. The van der Waals surface area contributed by atoms with E-state index in [0.29, 0.717) is 22.9 Å². The number of hydrogen-bond donors (Lipinski definition) is 2. The average molecular weight is 330 g/mol. The van der Waals surface area contributed by atoms with E-state index in [4.69, 9.17) is 0 Å². The number of thioether (sulfide) groups is 1. The van der Waals surface area contributed by atoms with Gasteiger partial charge in [-0.15, -0.1) is 0 Å². The van der Waals surface area contributed by atoms with E-state index in [0.717, 1.165) is 16.8 Å². The van der Waals surface area contributed by atoms with Crippen LogP contribution >= 0.6 is 11.8 Å². The average Bonchev–Trinajstić information content (AvgIpc) is 2.94. The van der Waals surface area contributed by atoms with Crippen LogP contribution in [0.2, 0.25) is 0 Å². The smallest absolute Gasteiger partial charge is 0.255 e. The molecule has 0 saturated heterocycles. The van der Waals surface area contributed by atoms with Crippen LogP contribution in [0.15, 0.2) is 46.6 Å². The zero-order chi connectivity index (χ0) is 16.2. The standard InChI is InChI=1S/C16H15FN4OS/c1-10-12(8-19-21-10)6-13-7-18-16(20-15(13)22)23-9-11-2-4-14(17)5-3-11/h2-5,7-8H,6,9H2,1H3,(H,19,21)(H,18,20,22). The summed E-state index contributed by atoms with van der Waals surface area (Å²) in [6.07, 6.45) is 3.87. The molecule has 2 N–H and O–H groups in total. The van der Waals surface area contributed by atoms with E-state index >= 15 is 0 Å². The number of rotatable bonds is 5. The van der Waals surface area contributed by atoms with E-state index in [9.17, 15) is 9.18 Å². The molecule has 2 heterocycles. The van der Waals surface area contributed by atoms with Crippen molar-refractivity contribution in [2.24, 2.45) is 0 Å². The number of halogens is 1. The minimum atomic E-state index is -0.260. The van der Waals surface area contributed by atoms with Gasteiger partial charge >= 0.3 is 0 Å². The molecule has 0 saturated carbocycles. The van der Waals surface area contributed by atoms with E-state index < -0.39 is 0 Å². The van der Waals surface area contributed by atoms with Crippen LogP contribution in [-0.2, 0) is 12.2 Å². The van der Waals surface area contributed by atoms with Crippen molar-refractivity contribution in [2.75, 3.05) is 0 Å². The maximum atomic E-state index is 12.9. The lowest BCUT2D eigenvalue weighted by atomic mass is 10.1. The van der Waals surface area contributed by atoms with Crippen molar-refractivity contribution < 1.29 is 4.39 Å². The summed E-state index contributed by atoms with van der Waals surface area (Å²) in [6.45, 7) is 1.89. The molecule has 0 bridgehead atoms. The molecule has 118 valence electrons. The van der Waals surface area contributed by atoms with Gasteiger partial charge in [0.05, 0.1) is 5.69 Å². The molecule has 3 rings (SSSR count). The molecule has 0 fully saturated rings. The second-order valence-electron chi connectivity index (χ2n) is 5.13. The highest BCUT2D eigenvalue weighted by molar-refractivity contribution is 7.98. The highest BCUT2D eigenvalue weighted by Gasteiger charge is 2.08. The molecule has 0 unspecified atom stereocenters. The summed E-state index contributed by atoms with van der Waals surface area (Å²) in [5.74, 6) is 0.354. The second kappa shape index (κ2) is 6.78. The zero-order valence-corrected chi connectivity index (χ0v) is 13.3. The van der Waals surface area contributed by atoms with Gasteiger partial charge in [0, 0.05) is 30.1 Å². The lowest BCUT2D eigenvalue weighted by Gasteiger charge is -2.03. The first-order valence-corrected chi connectivity index (χ1v) is 8.05. The molecule has 0 amide bonds. The highest BCUT2D eigenvalue weighted by Crippen LogP contribution is 2.18. The predicted octanol–water partition coefficient (Wildman–Crippen LogP) is 2.82. The first-order valence-electron chi connectivity index (χ1n) is 7.06.